The number of nitrogens with one attached hydrogen (secondary N) is 1. The number of nitriles is 1. The summed E-state index contributed by atoms with van der Waals surface area (Å²) < 4.78 is 2.08. The van der Waals surface area contributed by atoms with E-state index in [1.54, 1.807) is 12.1 Å². The number of aromatic nitrogens is 2. The SMILES string of the molecule is C#CCn1c(=O)c(C#N)c(N2CCNCC2)c2nc(Br)ccc21. The number of rotatable bonds is 2. The van der Waals surface area contributed by atoms with Gasteiger partial charge in [0.15, 0.2) is 0 Å². The maximum Gasteiger partial charge on any atom is 0.272 e. The van der Waals surface area contributed by atoms with Crippen LogP contribution < -0.4 is 15.8 Å². The minimum absolute atomic E-state index is 0.0975. The van der Waals surface area contributed by atoms with Crippen LogP contribution in [0.2, 0.25) is 0 Å². The number of pyridine rings is 2. The van der Waals surface area contributed by atoms with Crippen LogP contribution in [0.1, 0.15) is 5.56 Å². The van der Waals surface area contributed by atoms with Crippen LogP contribution >= 0.6 is 15.9 Å². The molecule has 2 aromatic heterocycles. The van der Waals surface area contributed by atoms with Crippen molar-refractivity contribution in [3.05, 3.63) is 32.7 Å². The second-order valence-electron chi connectivity index (χ2n) is 5.17. The highest BCUT2D eigenvalue weighted by Crippen LogP contribution is 2.28. The van der Waals surface area contributed by atoms with E-state index in [1.165, 1.54) is 4.57 Å². The third-order valence-electron chi connectivity index (χ3n) is 3.85. The van der Waals surface area contributed by atoms with Crippen molar-refractivity contribution in [2.24, 2.45) is 0 Å². The molecule has 0 aromatic carbocycles. The molecule has 0 radical (unpaired) electrons. The first-order chi connectivity index (χ1) is 11.2. The molecular formula is C16H14BrN5O. The molecule has 0 unspecified atom stereocenters. The first-order valence-corrected chi connectivity index (χ1v) is 7.99. The Morgan fingerprint density at radius 1 is 1.39 bits per heavy atom. The molecule has 3 rings (SSSR count). The van der Waals surface area contributed by atoms with Gasteiger partial charge in [-0.15, -0.1) is 6.42 Å². The first-order valence-electron chi connectivity index (χ1n) is 7.19. The molecule has 0 atom stereocenters. The second-order valence-corrected chi connectivity index (χ2v) is 5.98. The van der Waals surface area contributed by atoms with Crippen molar-refractivity contribution in [1.29, 1.82) is 5.26 Å². The van der Waals surface area contributed by atoms with Crippen LogP contribution in [0, 0.1) is 23.7 Å². The molecule has 2 aromatic rings. The lowest BCUT2D eigenvalue weighted by Gasteiger charge is -2.31. The predicted molar refractivity (Wildman–Crippen MR) is 92.3 cm³/mol. The summed E-state index contributed by atoms with van der Waals surface area (Å²) in [6.45, 7) is 3.14. The van der Waals surface area contributed by atoms with E-state index in [9.17, 15) is 10.1 Å². The Bertz CT molecular complexity index is 900. The Balaban J connectivity index is 2.39. The van der Waals surface area contributed by atoms with Gasteiger partial charge in [-0.3, -0.25) is 9.36 Å². The van der Waals surface area contributed by atoms with Gasteiger partial charge >= 0.3 is 0 Å². The van der Waals surface area contributed by atoms with Crippen molar-refractivity contribution < 1.29 is 0 Å². The summed E-state index contributed by atoms with van der Waals surface area (Å²) in [7, 11) is 0. The van der Waals surface area contributed by atoms with Crippen LogP contribution in [0.3, 0.4) is 0 Å². The van der Waals surface area contributed by atoms with Gasteiger partial charge in [-0.05, 0) is 28.1 Å². The summed E-state index contributed by atoms with van der Waals surface area (Å²) in [5, 5.41) is 12.8. The van der Waals surface area contributed by atoms with Gasteiger partial charge in [-0.25, -0.2) is 4.98 Å². The molecule has 0 bridgehead atoms. The molecule has 3 heterocycles. The summed E-state index contributed by atoms with van der Waals surface area (Å²) in [5.74, 6) is 2.47. The van der Waals surface area contributed by atoms with E-state index in [1.807, 2.05) is 4.90 Å². The Labute approximate surface area is 141 Å². The lowest BCUT2D eigenvalue weighted by molar-refractivity contribution is 0.589. The van der Waals surface area contributed by atoms with Crippen LogP contribution in [0.5, 0.6) is 0 Å². The van der Waals surface area contributed by atoms with Crippen molar-refractivity contribution in [2.75, 3.05) is 31.1 Å². The zero-order valence-electron chi connectivity index (χ0n) is 12.3. The van der Waals surface area contributed by atoms with Crippen molar-refractivity contribution in [2.45, 2.75) is 6.54 Å². The van der Waals surface area contributed by atoms with Gasteiger partial charge in [0, 0.05) is 26.2 Å². The van der Waals surface area contributed by atoms with Gasteiger partial charge in [-0.1, -0.05) is 5.92 Å². The zero-order valence-corrected chi connectivity index (χ0v) is 13.9. The summed E-state index contributed by atoms with van der Waals surface area (Å²) >= 11 is 3.37. The van der Waals surface area contributed by atoms with E-state index in [2.05, 4.69) is 38.2 Å². The number of anilines is 1. The molecule has 1 fully saturated rings. The van der Waals surface area contributed by atoms with Crippen molar-refractivity contribution in [3.63, 3.8) is 0 Å². The van der Waals surface area contributed by atoms with Crippen molar-refractivity contribution >= 4 is 32.7 Å². The largest absolute Gasteiger partial charge is 0.366 e. The number of fused-ring (bicyclic) bond motifs is 1. The Morgan fingerprint density at radius 3 is 2.78 bits per heavy atom. The van der Waals surface area contributed by atoms with E-state index < -0.39 is 0 Å². The van der Waals surface area contributed by atoms with E-state index in [-0.39, 0.29) is 17.7 Å². The van der Waals surface area contributed by atoms with Gasteiger partial charge in [-0.2, -0.15) is 5.26 Å². The molecular weight excluding hydrogens is 358 g/mol. The fourth-order valence-corrected chi connectivity index (χ4v) is 3.14. The summed E-state index contributed by atoms with van der Waals surface area (Å²) in [6.07, 6.45) is 5.38. The molecule has 0 amide bonds. The number of piperazine rings is 1. The van der Waals surface area contributed by atoms with Crippen LogP contribution in [-0.2, 0) is 6.54 Å². The van der Waals surface area contributed by atoms with Crippen LogP contribution in [-0.4, -0.2) is 35.7 Å². The van der Waals surface area contributed by atoms with Crippen LogP contribution in [0.15, 0.2) is 21.5 Å². The molecule has 0 aliphatic carbocycles. The first kappa shape index (κ1) is 15.5. The quantitative estimate of drug-likeness (QED) is 0.631. The molecule has 116 valence electrons. The Kier molecular flexibility index (Phi) is 4.33. The second kappa shape index (κ2) is 6.41. The molecule has 1 aliphatic rings. The molecule has 1 saturated heterocycles. The summed E-state index contributed by atoms with van der Waals surface area (Å²) in [5.41, 5.74) is 1.59. The number of hydrogen-bond acceptors (Lipinski definition) is 5. The van der Waals surface area contributed by atoms with Gasteiger partial charge in [0.25, 0.3) is 5.56 Å². The lowest BCUT2D eigenvalue weighted by Crippen LogP contribution is -2.44. The maximum absolute atomic E-state index is 12.7. The molecule has 1 N–H and O–H groups in total. The molecule has 7 heteroatoms. The topological polar surface area (TPSA) is 74.0 Å². The fourth-order valence-electron chi connectivity index (χ4n) is 2.83. The Morgan fingerprint density at radius 2 is 2.13 bits per heavy atom. The van der Waals surface area contributed by atoms with Gasteiger partial charge < -0.3 is 10.2 Å². The van der Waals surface area contributed by atoms with Crippen molar-refractivity contribution in [1.82, 2.24) is 14.9 Å². The highest BCUT2D eigenvalue weighted by atomic mass is 79.9. The van der Waals surface area contributed by atoms with E-state index >= 15 is 0 Å². The predicted octanol–water partition coefficient (Wildman–Crippen LogP) is 1.07. The average molecular weight is 372 g/mol. The highest BCUT2D eigenvalue weighted by molar-refractivity contribution is 9.10. The van der Waals surface area contributed by atoms with Crippen LogP contribution in [0.25, 0.3) is 11.0 Å². The number of halogens is 1. The maximum atomic E-state index is 12.7. The number of hydrogen-bond donors (Lipinski definition) is 1. The third-order valence-corrected chi connectivity index (χ3v) is 4.29. The van der Waals surface area contributed by atoms with E-state index in [0.717, 1.165) is 26.2 Å². The number of terminal acetylenes is 1. The third kappa shape index (κ3) is 2.70. The fraction of sp³-hybridized carbons (Fsp3) is 0.312. The molecule has 0 spiro atoms. The minimum Gasteiger partial charge on any atom is -0.366 e. The standard InChI is InChI=1S/C16H14BrN5O/c1-2-7-22-12-3-4-13(17)20-14(12)15(11(10-18)16(22)23)21-8-5-19-6-9-21/h1,3-4,19H,5-9H2. The minimum atomic E-state index is -0.365. The normalized spacial score (nSPS) is 14.5. The smallest absolute Gasteiger partial charge is 0.272 e. The molecule has 1 aliphatic heterocycles. The zero-order chi connectivity index (χ0) is 16.4. The summed E-state index contributed by atoms with van der Waals surface area (Å²) in [4.78, 5) is 19.3. The van der Waals surface area contributed by atoms with Gasteiger partial charge in [0.1, 0.15) is 21.8 Å². The van der Waals surface area contributed by atoms with E-state index in [0.29, 0.717) is 21.3 Å². The molecule has 6 nitrogen and oxygen atoms in total. The highest BCUT2D eigenvalue weighted by Gasteiger charge is 2.23. The molecule has 0 saturated carbocycles. The van der Waals surface area contributed by atoms with Gasteiger partial charge in [0.2, 0.25) is 0 Å². The summed E-state index contributed by atoms with van der Waals surface area (Å²) in [6, 6.07) is 5.62. The average Bonchev–Trinajstić information content (AvgIpc) is 2.57. The monoisotopic (exact) mass is 371 g/mol. The van der Waals surface area contributed by atoms with Crippen LogP contribution in [0.4, 0.5) is 5.69 Å². The lowest BCUT2D eigenvalue weighted by atomic mass is 10.1. The van der Waals surface area contributed by atoms with Crippen molar-refractivity contribution in [3.8, 4) is 18.4 Å². The van der Waals surface area contributed by atoms with E-state index in [4.69, 9.17) is 6.42 Å². The van der Waals surface area contributed by atoms with Gasteiger partial charge in [0.05, 0.1) is 17.7 Å². The molecule has 23 heavy (non-hydrogen) atoms. The Hall–Kier alpha value is -2.35. The number of nitrogens with zero attached hydrogens (tertiary/aromatic N) is 4.